The fraction of sp³-hybridized carbons (Fsp3) is 1.00. The predicted molar refractivity (Wildman–Crippen MR) is 49.4 cm³/mol. The van der Waals surface area contributed by atoms with Crippen molar-refractivity contribution in [2.45, 2.75) is 18.9 Å². The van der Waals surface area contributed by atoms with Crippen molar-refractivity contribution in [3.8, 4) is 0 Å². The maximum Gasteiger partial charge on any atom is 0.0874 e. The second-order valence-corrected chi connectivity index (χ2v) is 3.57. The van der Waals surface area contributed by atoms with E-state index in [-0.39, 0.29) is 12.2 Å². The minimum absolute atomic E-state index is 0.0509. The molecule has 2 atom stereocenters. The summed E-state index contributed by atoms with van der Waals surface area (Å²) in [7, 11) is 0. The summed E-state index contributed by atoms with van der Waals surface area (Å²) in [5.41, 5.74) is 5.43. The molecule has 4 nitrogen and oxygen atoms in total. The lowest BCUT2D eigenvalue weighted by atomic mass is 9.84. The Labute approximate surface area is 79.0 Å². The van der Waals surface area contributed by atoms with E-state index >= 15 is 0 Å². The molecule has 0 amide bonds. The summed E-state index contributed by atoms with van der Waals surface area (Å²) in [4.78, 5) is 0. The summed E-state index contributed by atoms with van der Waals surface area (Å²) < 4.78 is 10.9. The molecular weight excluding hydrogens is 170 g/mol. The zero-order valence-electron chi connectivity index (χ0n) is 8.16. The third kappa shape index (κ3) is 2.40. The highest BCUT2D eigenvalue weighted by molar-refractivity contribution is 4.89. The molecule has 1 aliphatic rings. The monoisotopic (exact) mass is 189 g/mol. The van der Waals surface area contributed by atoms with Crippen molar-refractivity contribution in [1.29, 1.82) is 0 Å². The van der Waals surface area contributed by atoms with Crippen molar-refractivity contribution in [2.24, 2.45) is 11.7 Å². The number of hydrogen-bond acceptors (Lipinski definition) is 4. The zero-order chi connectivity index (χ0) is 9.73. The molecule has 1 rings (SSSR count). The molecule has 1 aliphatic heterocycles. The number of nitrogens with two attached hydrogens (primary N) is 1. The van der Waals surface area contributed by atoms with Gasteiger partial charge in [-0.05, 0) is 0 Å². The second kappa shape index (κ2) is 4.91. The Kier molecular flexibility index (Phi) is 4.12. The lowest BCUT2D eigenvalue weighted by molar-refractivity contribution is -0.145. The van der Waals surface area contributed by atoms with Gasteiger partial charge < -0.3 is 20.3 Å². The molecule has 0 radical (unpaired) electrons. The van der Waals surface area contributed by atoms with E-state index < -0.39 is 0 Å². The smallest absolute Gasteiger partial charge is 0.0874 e. The minimum atomic E-state index is -0.277. The number of aliphatic hydroxyl groups is 1. The molecule has 78 valence electrons. The Morgan fingerprint density at radius 2 is 2.46 bits per heavy atom. The molecule has 0 bridgehead atoms. The largest absolute Gasteiger partial charge is 0.394 e. The maximum absolute atomic E-state index is 8.70. The molecule has 0 aromatic heterocycles. The molecule has 0 saturated carbocycles. The van der Waals surface area contributed by atoms with Crippen LogP contribution in [0.1, 0.15) is 13.3 Å². The van der Waals surface area contributed by atoms with Gasteiger partial charge in [0.25, 0.3) is 0 Å². The van der Waals surface area contributed by atoms with Gasteiger partial charge >= 0.3 is 0 Å². The van der Waals surface area contributed by atoms with Gasteiger partial charge in [-0.25, -0.2) is 0 Å². The highest BCUT2D eigenvalue weighted by Crippen LogP contribution is 2.29. The Morgan fingerprint density at radius 3 is 3.00 bits per heavy atom. The van der Waals surface area contributed by atoms with Crippen LogP contribution in [0.2, 0.25) is 0 Å². The van der Waals surface area contributed by atoms with Gasteiger partial charge in [-0.1, -0.05) is 6.92 Å². The van der Waals surface area contributed by atoms with E-state index in [2.05, 4.69) is 6.92 Å². The topological polar surface area (TPSA) is 64.7 Å². The van der Waals surface area contributed by atoms with E-state index in [4.69, 9.17) is 20.3 Å². The molecular formula is C9H19NO3. The first kappa shape index (κ1) is 10.9. The van der Waals surface area contributed by atoms with Crippen LogP contribution in [-0.4, -0.2) is 43.7 Å². The summed E-state index contributed by atoms with van der Waals surface area (Å²) in [6.07, 6.45) is 0.824. The maximum atomic E-state index is 8.70. The van der Waals surface area contributed by atoms with Crippen molar-refractivity contribution >= 4 is 0 Å². The number of rotatable bonds is 4. The highest BCUT2D eigenvalue weighted by Gasteiger charge is 2.38. The average molecular weight is 189 g/mol. The van der Waals surface area contributed by atoms with Crippen LogP contribution in [0.25, 0.3) is 0 Å². The summed E-state index contributed by atoms with van der Waals surface area (Å²) in [5.74, 6) is 0.304. The van der Waals surface area contributed by atoms with E-state index in [1.165, 1.54) is 0 Å². The first-order chi connectivity index (χ1) is 6.25. The Morgan fingerprint density at radius 1 is 1.69 bits per heavy atom. The molecule has 1 saturated heterocycles. The third-order valence-electron chi connectivity index (χ3n) is 2.76. The zero-order valence-corrected chi connectivity index (χ0v) is 8.16. The molecule has 2 unspecified atom stereocenters. The van der Waals surface area contributed by atoms with Crippen LogP contribution in [0.3, 0.4) is 0 Å². The minimum Gasteiger partial charge on any atom is -0.394 e. The third-order valence-corrected chi connectivity index (χ3v) is 2.76. The number of hydrogen-bond donors (Lipinski definition) is 2. The average Bonchev–Trinajstić information content (AvgIpc) is 2.17. The molecule has 3 N–H and O–H groups in total. The number of ether oxygens (including phenoxy) is 2. The normalized spacial score (nSPS) is 34.8. The number of aliphatic hydroxyl groups excluding tert-OH is 1. The molecule has 1 fully saturated rings. The van der Waals surface area contributed by atoms with Crippen molar-refractivity contribution < 1.29 is 14.6 Å². The fourth-order valence-electron chi connectivity index (χ4n) is 1.73. The van der Waals surface area contributed by atoms with Crippen LogP contribution in [0.15, 0.2) is 0 Å². The van der Waals surface area contributed by atoms with Crippen LogP contribution in [0.5, 0.6) is 0 Å². The highest BCUT2D eigenvalue weighted by atomic mass is 16.5. The van der Waals surface area contributed by atoms with Crippen molar-refractivity contribution in [3.63, 3.8) is 0 Å². The summed E-state index contributed by atoms with van der Waals surface area (Å²) in [5, 5.41) is 8.70. The van der Waals surface area contributed by atoms with Crippen molar-refractivity contribution in [3.05, 3.63) is 0 Å². The summed E-state index contributed by atoms with van der Waals surface area (Å²) >= 11 is 0. The van der Waals surface area contributed by atoms with Crippen molar-refractivity contribution in [2.75, 3.05) is 33.0 Å². The van der Waals surface area contributed by atoms with E-state index in [0.717, 1.165) is 6.42 Å². The standard InChI is InChI=1S/C9H19NO3/c1-8-6-12-4-2-9(8,7-10)13-5-3-11/h8,11H,2-7,10H2,1H3. The van der Waals surface area contributed by atoms with Crippen molar-refractivity contribution in [1.82, 2.24) is 0 Å². The molecule has 0 aliphatic carbocycles. The lowest BCUT2D eigenvalue weighted by Gasteiger charge is -2.41. The molecule has 0 spiro atoms. The molecule has 1 heterocycles. The fourth-order valence-corrected chi connectivity index (χ4v) is 1.73. The van der Waals surface area contributed by atoms with Gasteiger partial charge in [-0.3, -0.25) is 0 Å². The van der Waals surface area contributed by atoms with Gasteiger partial charge in [0, 0.05) is 25.5 Å². The van der Waals surface area contributed by atoms with Crippen LogP contribution in [-0.2, 0) is 9.47 Å². The lowest BCUT2D eigenvalue weighted by Crippen LogP contribution is -2.52. The van der Waals surface area contributed by atoms with E-state index in [1.807, 2.05) is 0 Å². The first-order valence-corrected chi connectivity index (χ1v) is 4.78. The predicted octanol–water partition coefficient (Wildman–Crippen LogP) is -0.251. The van der Waals surface area contributed by atoms with Gasteiger partial charge in [0.15, 0.2) is 0 Å². The first-order valence-electron chi connectivity index (χ1n) is 4.78. The molecule has 4 heteroatoms. The molecule has 13 heavy (non-hydrogen) atoms. The molecule has 0 aromatic rings. The van der Waals surface area contributed by atoms with Crippen LogP contribution >= 0.6 is 0 Å². The second-order valence-electron chi connectivity index (χ2n) is 3.57. The van der Waals surface area contributed by atoms with Gasteiger partial charge in [-0.2, -0.15) is 0 Å². The van der Waals surface area contributed by atoms with Gasteiger partial charge in [0.1, 0.15) is 0 Å². The van der Waals surface area contributed by atoms with Gasteiger partial charge in [0.2, 0.25) is 0 Å². The van der Waals surface area contributed by atoms with E-state index in [1.54, 1.807) is 0 Å². The van der Waals surface area contributed by atoms with Gasteiger partial charge in [-0.15, -0.1) is 0 Å². The van der Waals surface area contributed by atoms with E-state index in [9.17, 15) is 0 Å². The Hall–Kier alpha value is -0.160. The SMILES string of the molecule is CC1COCCC1(CN)OCCO. The quantitative estimate of drug-likeness (QED) is 0.640. The molecule has 0 aromatic carbocycles. The van der Waals surface area contributed by atoms with Crippen LogP contribution < -0.4 is 5.73 Å². The Balaban J connectivity index is 2.53. The summed E-state index contributed by atoms with van der Waals surface area (Å²) in [6, 6.07) is 0. The van der Waals surface area contributed by atoms with Crippen LogP contribution in [0.4, 0.5) is 0 Å². The summed E-state index contributed by atoms with van der Waals surface area (Å²) in [6.45, 7) is 4.38. The van der Waals surface area contributed by atoms with Gasteiger partial charge in [0.05, 0.1) is 25.4 Å². The Bertz CT molecular complexity index is 154. The van der Waals surface area contributed by atoms with Crippen LogP contribution in [0, 0.1) is 5.92 Å². The van der Waals surface area contributed by atoms with E-state index in [0.29, 0.717) is 32.3 Å².